The lowest BCUT2D eigenvalue weighted by molar-refractivity contribution is 0.265. The monoisotopic (exact) mass is 207 g/mol. The lowest BCUT2D eigenvalue weighted by Gasteiger charge is -2.25. The van der Waals surface area contributed by atoms with Crippen molar-refractivity contribution in [3.63, 3.8) is 0 Å². The van der Waals surface area contributed by atoms with Crippen LogP contribution in [-0.2, 0) is 0 Å². The Kier molecular flexibility index (Phi) is 1.97. The maximum Gasteiger partial charge on any atom is 0.265 e. The third-order valence-electron chi connectivity index (χ3n) is 3.74. The van der Waals surface area contributed by atoms with Crippen LogP contribution in [0.1, 0.15) is 37.5 Å². The fourth-order valence-corrected chi connectivity index (χ4v) is 2.45. The number of hydrogen-bond donors (Lipinski definition) is 0. The minimum atomic E-state index is 0.566. The Morgan fingerprint density at radius 3 is 2.67 bits per heavy atom. The Labute approximate surface area is 89.6 Å². The molecule has 82 valence electrons. The molecule has 4 heteroatoms. The van der Waals surface area contributed by atoms with Gasteiger partial charge in [-0.15, -0.1) is 0 Å². The highest BCUT2D eigenvalue weighted by Crippen LogP contribution is 2.56. The van der Waals surface area contributed by atoms with E-state index < -0.39 is 0 Å². The van der Waals surface area contributed by atoms with Crippen molar-refractivity contribution in [3.8, 4) is 0 Å². The quantitative estimate of drug-likeness (QED) is 0.760. The van der Waals surface area contributed by atoms with Gasteiger partial charge >= 0.3 is 0 Å². The third kappa shape index (κ3) is 1.52. The molecule has 0 unspecified atom stereocenters. The SMILES string of the molecule is CN(C)c1noc([C@@H]2C[C@H]2C2CCC2)n1. The maximum absolute atomic E-state index is 5.30. The highest BCUT2D eigenvalue weighted by atomic mass is 16.5. The van der Waals surface area contributed by atoms with Crippen molar-refractivity contribution in [2.24, 2.45) is 11.8 Å². The molecule has 15 heavy (non-hydrogen) atoms. The molecule has 0 saturated heterocycles. The molecule has 1 aromatic heterocycles. The number of rotatable bonds is 3. The minimum absolute atomic E-state index is 0.566. The van der Waals surface area contributed by atoms with Gasteiger partial charge in [-0.05, 0) is 23.4 Å². The Hall–Kier alpha value is -1.06. The molecule has 0 radical (unpaired) electrons. The molecule has 1 aromatic rings. The first kappa shape index (κ1) is 9.19. The minimum Gasteiger partial charge on any atom is -0.344 e. The van der Waals surface area contributed by atoms with Crippen LogP contribution in [0.5, 0.6) is 0 Å². The highest BCUT2D eigenvalue weighted by Gasteiger charge is 2.48. The van der Waals surface area contributed by atoms with Crippen LogP contribution in [0.15, 0.2) is 4.52 Å². The number of hydrogen-bond acceptors (Lipinski definition) is 4. The van der Waals surface area contributed by atoms with Gasteiger partial charge in [-0.2, -0.15) is 4.98 Å². The second kappa shape index (κ2) is 3.22. The second-order valence-electron chi connectivity index (χ2n) is 5.02. The number of aromatic nitrogens is 2. The van der Waals surface area contributed by atoms with Gasteiger partial charge in [0.15, 0.2) is 0 Å². The van der Waals surface area contributed by atoms with Gasteiger partial charge in [0.2, 0.25) is 5.89 Å². The highest BCUT2D eigenvalue weighted by molar-refractivity contribution is 5.25. The lowest BCUT2D eigenvalue weighted by atomic mass is 9.81. The summed E-state index contributed by atoms with van der Waals surface area (Å²) in [4.78, 5) is 6.29. The molecule has 2 aliphatic carbocycles. The van der Waals surface area contributed by atoms with Gasteiger partial charge < -0.3 is 9.42 Å². The third-order valence-corrected chi connectivity index (χ3v) is 3.74. The Bertz CT molecular complexity index is 356. The molecular formula is C11H17N3O. The van der Waals surface area contributed by atoms with Crippen LogP contribution in [0.25, 0.3) is 0 Å². The Balaban J connectivity index is 1.67. The molecule has 0 aromatic carbocycles. The van der Waals surface area contributed by atoms with Crippen LogP contribution in [0.3, 0.4) is 0 Å². The zero-order valence-electron chi connectivity index (χ0n) is 9.31. The number of anilines is 1. The average Bonchev–Trinajstić information content (AvgIpc) is 2.73. The first-order valence-electron chi connectivity index (χ1n) is 5.76. The van der Waals surface area contributed by atoms with E-state index in [1.807, 2.05) is 19.0 Å². The predicted octanol–water partition coefficient (Wildman–Crippen LogP) is 2.04. The summed E-state index contributed by atoms with van der Waals surface area (Å²) in [6.45, 7) is 0. The van der Waals surface area contributed by atoms with E-state index in [4.69, 9.17) is 4.52 Å². The van der Waals surface area contributed by atoms with Crippen LogP contribution >= 0.6 is 0 Å². The van der Waals surface area contributed by atoms with E-state index in [1.165, 1.54) is 25.7 Å². The van der Waals surface area contributed by atoms with Crippen LogP contribution < -0.4 is 4.90 Å². The van der Waals surface area contributed by atoms with Crippen molar-refractivity contribution in [1.82, 2.24) is 10.1 Å². The first-order valence-corrected chi connectivity index (χ1v) is 5.76. The maximum atomic E-state index is 5.30. The fourth-order valence-electron chi connectivity index (χ4n) is 2.45. The van der Waals surface area contributed by atoms with Gasteiger partial charge in [-0.25, -0.2) is 0 Å². The summed E-state index contributed by atoms with van der Waals surface area (Å²) in [6.07, 6.45) is 5.51. The topological polar surface area (TPSA) is 42.2 Å². The molecule has 0 amide bonds. The van der Waals surface area contributed by atoms with E-state index in [-0.39, 0.29) is 0 Å². The first-order chi connectivity index (χ1) is 7.25. The van der Waals surface area contributed by atoms with E-state index in [1.54, 1.807) is 0 Å². The molecule has 3 rings (SSSR count). The molecular weight excluding hydrogens is 190 g/mol. The van der Waals surface area contributed by atoms with Crippen molar-refractivity contribution in [1.29, 1.82) is 0 Å². The van der Waals surface area contributed by atoms with Gasteiger partial charge in [-0.3, -0.25) is 0 Å². The van der Waals surface area contributed by atoms with E-state index in [9.17, 15) is 0 Å². The standard InChI is InChI=1S/C11H17N3O/c1-14(2)11-12-10(15-13-11)9-6-8(9)7-4-3-5-7/h7-9H,3-6H2,1-2H3/t8-,9+/m0/s1. The van der Waals surface area contributed by atoms with Crippen LogP contribution in [-0.4, -0.2) is 24.2 Å². The number of nitrogens with zero attached hydrogens (tertiary/aromatic N) is 3. The van der Waals surface area contributed by atoms with Crippen molar-refractivity contribution >= 4 is 5.95 Å². The van der Waals surface area contributed by atoms with E-state index in [0.717, 1.165) is 17.7 Å². The Morgan fingerprint density at radius 2 is 2.13 bits per heavy atom. The molecule has 4 nitrogen and oxygen atoms in total. The zero-order valence-corrected chi connectivity index (χ0v) is 9.31. The summed E-state index contributed by atoms with van der Waals surface area (Å²) >= 11 is 0. The van der Waals surface area contributed by atoms with Gasteiger partial charge in [0.25, 0.3) is 5.95 Å². The molecule has 2 aliphatic rings. The molecule has 0 N–H and O–H groups in total. The van der Waals surface area contributed by atoms with Gasteiger partial charge in [0.1, 0.15) is 0 Å². The summed E-state index contributed by atoms with van der Waals surface area (Å²) in [7, 11) is 3.87. The predicted molar refractivity (Wildman–Crippen MR) is 56.8 cm³/mol. The molecule has 0 spiro atoms. The summed E-state index contributed by atoms with van der Waals surface area (Å²) < 4.78 is 5.30. The van der Waals surface area contributed by atoms with Crippen molar-refractivity contribution in [2.75, 3.05) is 19.0 Å². The van der Waals surface area contributed by atoms with Crippen molar-refractivity contribution in [2.45, 2.75) is 31.6 Å². The zero-order chi connectivity index (χ0) is 10.4. The normalized spacial score (nSPS) is 30.0. The molecule has 0 bridgehead atoms. The fraction of sp³-hybridized carbons (Fsp3) is 0.818. The molecule has 2 saturated carbocycles. The van der Waals surface area contributed by atoms with Gasteiger partial charge in [-0.1, -0.05) is 19.3 Å². The molecule has 2 fully saturated rings. The van der Waals surface area contributed by atoms with Gasteiger partial charge in [0.05, 0.1) is 0 Å². The second-order valence-corrected chi connectivity index (χ2v) is 5.02. The lowest BCUT2D eigenvalue weighted by Crippen LogP contribution is -2.13. The smallest absolute Gasteiger partial charge is 0.265 e. The van der Waals surface area contributed by atoms with E-state index in [2.05, 4.69) is 10.1 Å². The summed E-state index contributed by atoms with van der Waals surface area (Å²) in [5.41, 5.74) is 0. The molecule has 1 heterocycles. The molecule has 0 aliphatic heterocycles. The summed E-state index contributed by atoms with van der Waals surface area (Å²) in [5.74, 6) is 3.91. The van der Waals surface area contributed by atoms with Crippen molar-refractivity contribution < 1.29 is 4.52 Å². The summed E-state index contributed by atoms with van der Waals surface area (Å²) in [5, 5.41) is 3.95. The van der Waals surface area contributed by atoms with Crippen LogP contribution in [0.2, 0.25) is 0 Å². The van der Waals surface area contributed by atoms with Crippen LogP contribution in [0, 0.1) is 11.8 Å². The summed E-state index contributed by atoms with van der Waals surface area (Å²) in [6, 6.07) is 0. The van der Waals surface area contributed by atoms with Crippen molar-refractivity contribution in [3.05, 3.63) is 5.89 Å². The van der Waals surface area contributed by atoms with Crippen LogP contribution in [0.4, 0.5) is 5.95 Å². The van der Waals surface area contributed by atoms with E-state index in [0.29, 0.717) is 11.9 Å². The average molecular weight is 207 g/mol. The van der Waals surface area contributed by atoms with E-state index >= 15 is 0 Å². The molecule has 2 atom stereocenters. The van der Waals surface area contributed by atoms with Gasteiger partial charge in [0, 0.05) is 20.0 Å². The largest absolute Gasteiger partial charge is 0.344 e. The Morgan fingerprint density at radius 1 is 1.33 bits per heavy atom.